The molecule has 2 heterocycles. The molecule has 0 aromatic heterocycles. The number of piperidine rings is 1. The highest BCUT2D eigenvalue weighted by atomic mass is 35.5. The first-order valence-corrected chi connectivity index (χ1v) is 6.79. The highest BCUT2D eigenvalue weighted by molar-refractivity contribution is 5.85. The van der Waals surface area contributed by atoms with Gasteiger partial charge in [-0.2, -0.15) is 0 Å². The summed E-state index contributed by atoms with van der Waals surface area (Å²) >= 11 is 0. The minimum atomic E-state index is 0. The lowest BCUT2D eigenvalue weighted by molar-refractivity contribution is 0.125. The molecule has 1 aromatic carbocycles. The van der Waals surface area contributed by atoms with Gasteiger partial charge in [-0.15, -0.1) is 12.4 Å². The maximum atomic E-state index is 3.59. The van der Waals surface area contributed by atoms with Crippen LogP contribution in [0.4, 0.5) is 5.69 Å². The van der Waals surface area contributed by atoms with Crippen LogP contribution < -0.4 is 5.32 Å². The number of para-hydroxylation sites is 1. The molecule has 0 radical (unpaired) electrons. The third-order valence-corrected chi connectivity index (χ3v) is 4.45. The maximum Gasteiger partial charge on any atom is 0.0379 e. The Balaban J connectivity index is 0.00000120. The van der Waals surface area contributed by atoms with Crippen molar-refractivity contribution in [3.63, 3.8) is 0 Å². The molecule has 0 unspecified atom stereocenters. The Labute approximate surface area is 116 Å². The van der Waals surface area contributed by atoms with E-state index in [4.69, 9.17) is 0 Å². The average Bonchev–Trinajstić information content (AvgIpc) is 2.69. The standard InChI is InChI=1S/C15H22N2.ClH/c1-12(2)17-9-5-8-15(11-17)10-16-14-7-4-3-6-13(14)15;/h3-4,6-7,12,16H,5,8-11H2,1-2H3;1H/t15-;/m1./s1. The van der Waals surface area contributed by atoms with Crippen LogP contribution in [0.1, 0.15) is 32.3 Å². The van der Waals surface area contributed by atoms with Crippen LogP contribution in [0.2, 0.25) is 0 Å². The number of anilines is 1. The average molecular weight is 267 g/mol. The molecule has 1 N–H and O–H groups in total. The van der Waals surface area contributed by atoms with E-state index >= 15 is 0 Å². The molecule has 100 valence electrons. The second-order valence-corrected chi connectivity index (χ2v) is 5.85. The van der Waals surface area contributed by atoms with Gasteiger partial charge < -0.3 is 5.32 Å². The Kier molecular flexibility index (Phi) is 3.88. The van der Waals surface area contributed by atoms with Crippen molar-refractivity contribution >= 4 is 18.1 Å². The number of nitrogens with zero attached hydrogens (tertiary/aromatic N) is 1. The van der Waals surface area contributed by atoms with E-state index in [0.29, 0.717) is 11.5 Å². The summed E-state index contributed by atoms with van der Waals surface area (Å²) in [6.45, 7) is 8.23. The second-order valence-electron chi connectivity index (χ2n) is 5.85. The van der Waals surface area contributed by atoms with E-state index in [9.17, 15) is 0 Å². The van der Waals surface area contributed by atoms with Gasteiger partial charge in [-0.1, -0.05) is 18.2 Å². The van der Waals surface area contributed by atoms with Crippen molar-refractivity contribution in [1.29, 1.82) is 0 Å². The quantitative estimate of drug-likeness (QED) is 0.839. The van der Waals surface area contributed by atoms with Gasteiger partial charge in [0.25, 0.3) is 0 Å². The summed E-state index contributed by atoms with van der Waals surface area (Å²) in [5.41, 5.74) is 3.28. The molecule has 1 atom stereocenters. The Morgan fingerprint density at radius 3 is 2.83 bits per heavy atom. The van der Waals surface area contributed by atoms with Crippen molar-refractivity contribution in [2.24, 2.45) is 0 Å². The van der Waals surface area contributed by atoms with E-state index in [-0.39, 0.29) is 12.4 Å². The Bertz CT molecular complexity index is 415. The molecule has 1 saturated heterocycles. The van der Waals surface area contributed by atoms with E-state index in [1.54, 1.807) is 5.56 Å². The summed E-state index contributed by atoms with van der Waals surface area (Å²) in [6, 6.07) is 9.52. The highest BCUT2D eigenvalue weighted by Gasteiger charge is 2.42. The lowest BCUT2D eigenvalue weighted by Gasteiger charge is -2.42. The van der Waals surface area contributed by atoms with Crippen LogP contribution in [0.15, 0.2) is 24.3 Å². The Hall–Kier alpha value is -0.730. The summed E-state index contributed by atoms with van der Waals surface area (Å²) < 4.78 is 0. The zero-order chi connectivity index (χ0) is 11.9. The largest absolute Gasteiger partial charge is 0.384 e. The summed E-state index contributed by atoms with van der Waals surface area (Å²) in [4.78, 5) is 2.63. The number of hydrogen-bond donors (Lipinski definition) is 1. The van der Waals surface area contributed by atoms with Crippen LogP contribution in [0, 0.1) is 0 Å². The first kappa shape index (κ1) is 13.7. The Morgan fingerprint density at radius 2 is 2.06 bits per heavy atom. The van der Waals surface area contributed by atoms with Gasteiger partial charge in [0, 0.05) is 30.2 Å². The van der Waals surface area contributed by atoms with Crippen molar-refractivity contribution in [1.82, 2.24) is 4.90 Å². The molecule has 1 aromatic rings. The number of rotatable bonds is 1. The van der Waals surface area contributed by atoms with Crippen LogP contribution >= 0.6 is 12.4 Å². The molecule has 0 saturated carbocycles. The van der Waals surface area contributed by atoms with Gasteiger partial charge in [0.15, 0.2) is 0 Å². The number of fused-ring (bicyclic) bond motifs is 2. The topological polar surface area (TPSA) is 15.3 Å². The minimum absolute atomic E-state index is 0. The number of likely N-dealkylation sites (tertiary alicyclic amines) is 1. The molecule has 1 spiro atoms. The molecular formula is C15H23ClN2. The maximum absolute atomic E-state index is 3.59. The van der Waals surface area contributed by atoms with Crippen LogP contribution in [0.25, 0.3) is 0 Å². The van der Waals surface area contributed by atoms with Gasteiger partial charge >= 0.3 is 0 Å². The molecule has 2 aliphatic heterocycles. The second kappa shape index (κ2) is 5.10. The predicted molar refractivity (Wildman–Crippen MR) is 79.8 cm³/mol. The molecule has 0 aliphatic carbocycles. The fraction of sp³-hybridized carbons (Fsp3) is 0.600. The van der Waals surface area contributed by atoms with Crippen LogP contribution in [0.3, 0.4) is 0 Å². The molecule has 0 bridgehead atoms. The normalized spacial score (nSPS) is 26.8. The van der Waals surface area contributed by atoms with Gasteiger partial charge in [0.1, 0.15) is 0 Å². The fourth-order valence-corrected chi connectivity index (χ4v) is 3.43. The van der Waals surface area contributed by atoms with Crippen molar-refractivity contribution in [2.75, 3.05) is 25.0 Å². The monoisotopic (exact) mass is 266 g/mol. The molecule has 18 heavy (non-hydrogen) atoms. The SMILES string of the molecule is CC(C)N1CCC[C@@]2(CNc3ccccc32)C1.Cl. The highest BCUT2D eigenvalue weighted by Crippen LogP contribution is 2.42. The van der Waals surface area contributed by atoms with Gasteiger partial charge in [-0.25, -0.2) is 0 Å². The van der Waals surface area contributed by atoms with Gasteiger partial charge in [0.2, 0.25) is 0 Å². The predicted octanol–water partition coefficient (Wildman–Crippen LogP) is 3.28. The number of halogens is 1. The zero-order valence-corrected chi connectivity index (χ0v) is 12.1. The molecule has 3 heteroatoms. The van der Waals surface area contributed by atoms with E-state index < -0.39 is 0 Å². The Morgan fingerprint density at radius 1 is 1.28 bits per heavy atom. The smallest absolute Gasteiger partial charge is 0.0379 e. The van der Waals surface area contributed by atoms with Crippen molar-refractivity contribution in [3.05, 3.63) is 29.8 Å². The first-order valence-electron chi connectivity index (χ1n) is 6.79. The van der Waals surface area contributed by atoms with Gasteiger partial charge in [-0.05, 0) is 44.9 Å². The van der Waals surface area contributed by atoms with Crippen molar-refractivity contribution in [3.8, 4) is 0 Å². The van der Waals surface area contributed by atoms with E-state index in [1.165, 1.54) is 31.6 Å². The van der Waals surface area contributed by atoms with Gasteiger partial charge in [0.05, 0.1) is 0 Å². The fourth-order valence-electron chi connectivity index (χ4n) is 3.43. The summed E-state index contributed by atoms with van der Waals surface area (Å²) in [7, 11) is 0. The van der Waals surface area contributed by atoms with E-state index in [1.807, 2.05) is 0 Å². The van der Waals surface area contributed by atoms with Crippen LogP contribution in [0.5, 0.6) is 0 Å². The summed E-state index contributed by atoms with van der Waals surface area (Å²) in [5, 5.41) is 3.59. The number of benzene rings is 1. The summed E-state index contributed by atoms with van der Waals surface area (Å²) in [6.07, 6.45) is 2.66. The number of hydrogen-bond acceptors (Lipinski definition) is 2. The van der Waals surface area contributed by atoms with E-state index in [0.717, 1.165) is 6.54 Å². The third-order valence-electron chi connectivity index (χ3n) is 4.45. The van der Waals surface area contributed by atoms with E-state index in [2.05, 4.69) is 48.3 Å². The molecule has 1 fully saturated rings. The molecule has 3 rings (SSSR count). The molecule has 2 nitrogen and oxygen atoms in total. The number of nitrogens with one attached hydrogen (secondary N) is 1. The summed E-state index contributed by atoms with van der Waals surface area (Å²) in [5.74, 6) is 0. The minimum Gasteiger partial charge on any atom is -0.384 e. The molecule has 0 amide bonds. The van der Waals surface area contributed by atoms with Gasteiger partial charge in [-0.3, -0.25) is 4.90 Å². The lowest BCUT2D eigenvalue weighted by atomic mass is 9.75. The lowest BCUT2D eigenvalue weighted by Crippen LogP contribution is -2.49. The first-order chi connectivity index (χ1) is 8.21. The van der Waals surface area contributed by atoms with Crippen molar-refractivity contribution in [2.45, 2.75) is 38.1 Å². The van der Waals surface area contributed by atoms with Crippen LogP contribution in [-0.2, 0) is 5.41 Å². The van der Waals surface area contributed by atoms with Crippen LogP contribution in [-0.4, -0.2) is 30.6 Å². The third kappa shape index (κ3) is 2.12. The molecule has 2 aliphatic rings. The zero-order valence-electron chi connectivity index (χ0n) is 11.3. The van der Waals surface area contributed by atoms with Crippen molar-refractivity contribution < 1.29 is 0 Å². The molecular weight excluding hydrogens is 244 g/mol.